The van der Waals surface area contributed by atoms with Crippen molar-refractivity contribution in [2.75, 3.05) is 33.7 Å². The first-order chi connectivity index (χ1) is 9.66. The molecule has 1 N–H and O–H groups in total. The van der Waals surface area contributed by atoms with Crippen LogP contribution in [0.3, 0.4) is 0 Å². The predicted molar refractivity (Wildman–Crippen MR) is 71.8 cm³/mol. The van der Waals surface area contributed by atoms with Crippen LogP contribution in [0.15, 0.2) is 0 Å². The Bertz CT molecular complexity index is 482. The highest BCUT2D eigenvalue weighted by Gasteiger charge is 2.33. The van der Waals surface area contributed by atoms with Crippen molar-refractivity contribution in [1.82, 2.24) is 35.3 Å². The molecular formula is C12H21N7O. The Kier molecular flexibility index (Phi) is 3.66. The molecule has 110 valence electrons. The highest BCUT2D eigenvalue weighted by molar-refractivity contribution is 5.81. The molecule has 0 radical (unpaired) electrons. The number of piperazine rings is 1. The topological polar surface area (TPSA) is 79.2 Å². The third-order valence-corrected chi connectivity index (χ3v) is 3.88. The van der Waals surface area contributed by atoms with Gasteiger partial charge in [-0.05, 0) is 23.3 Å². The standard InChI is InChI=1S/C12H21N7O/c1-17(2)12(20)10-7-13-5-6-18(10)8-11-14-15-16-19(11)9-3-4-9/h9-10,13H,3-8H2,1-2H3. The summed E-state index contributed by atoms with van der Waals surface area (Å²) in [6.07, 6.45) is 2.30. The molecule has 1 amide bonds. The summed E-state index contributed by atoms with van der Waals surface area (Å²) in [6.45, 7) is 3.04. The Morgan fingerprint density at radius 2 is 2.25 bits per heavy atom. The van der Waals surface area contributed by atoms with Crippen LogP contribution >= 0.6 is 0 Å². The van der Waals surface area contributed by atoms with Gasteiger partial charge in [-0.2, -0.15) is 0 Å². The number of aromatic nitrogens is 4. The zero-order valence-corrected chi connectivity index (χ0v) is 12.0. The Hall–Kier alpha value is -1.54. The van der Waals surface area contributed by atoms with Crippen LogP contribution in [0.25, 0.3) is 0 Å². The molecule has 0 aromatic carbocycles. The molecule has 1 aliphatic heterocycles. The van der Waals surface area contributed by atoms with Crippen LogP contribution in [0.5, 0.6) is 0 Å². The minimum Gasteiger partial charge on any atom is -0.347 e. The van der Waals surface area contributed by atoms with Gasteiger partial charge in [-0.25, -0.2) is 4.68 Å². The van der Waals surface area contributed by atoms with Crippen molar-refractivity contribution in [2.45, 2.75) is 31.5 Å². The molecule has 0 spiro atoms. The molecule has 20 heavy (non-hydrogen) atoms. The average molecular weight is 279 g/mol. The fourth-order valence-electron chi connectivity index (χ4n) is 2.58. The number of nitrogens with one attached hydrogen (secondary N) is 1. The van der Waals surface area contributed by atoms with Crippen LogP contribution in [0, 0.1) is 0 Å². The number of nitrogens with zero attached hydrogens (tertiary/aromatic N) is 6. The second kappa shape index (κ2) is 5.45. The zero-order valence-electron chi connectivity index (χ0n) is 12.0. The van der Waals surface area contributed by atoms with Crippen molar-refractivity contribution in [2.24, 2.45) is 0 Å². The van der Waals surface area contributed by atoms with E-state index >= 15 is 0 Å². The van der Waals surface area contributed by atoms with Crippen LogP contribution in [0.2, 0.25) is 0 Å². The van der Waals surface area contributed by atoms with E-state index in [1.807, 2.05) is 4.68 Å². The van der Waals surface area contributed by atoms with Gasteiger partial charge in [-0.1, -0.05) is 0 Å². The van der Waals surface area contributed by atoms with Gasteiger partial charge in [-0.15, -0.1) is 5.10 Å². The Morgan fingerprint density at radius 3 is 2.95 bits per heavy atom. The van der Waals surface area contributed by atoms with Gasteiger partial charge < -0.3 is 10.2 Å². The maximum Gasteiger partial charge on any atom is 0.240 e. The van der Waals surface area contributed by atoms with Gasteiger partial charge in [0.05, 0.1) is 12.6 Å². The normalized spacial score (nSPS) is 23.8. The maximum absolute atomic E-state index is 12.3. The van der Waals surface area contributed by atoms with Crippen molar-refractivity contribution in [3.8, 4) is 0 Å². The van der Waals surface area contributed by atoms with Gasteiger partial charge in [0.1, 0.15) is 6.04 Å². The van der Waals surface area contributed by atoms with E-state index < -0.39 is 0 Å². The van der Waals surface area contributed by atoms with Crippen LogP contribution in [0.1, 0.15) is 24.7 Å². The molecule has 1 saturated heterocycles. The van der Waals surface area contributed by atoms with Gasteiger partial charge in [0, 0.05) is 33.7 Å². The zero-order chi connectivity index (χ0) is 14.1. The number of amides is 1. The molecule has 1 atom stereocenters. The first-order valence-corrected chi connectivity index (χ1v) is 7.09. The second-order valence-corrected chi connectivity index (χ2v) is 5.69. The predicted octanol–water partition coefficient (Wildman–Crippen LogP) is -1.13. The van der Waals surface area contributed by atoms with E-state index in [9.17, 15) is 4.79 Å². The monoisotopic (exact) mass is 279 g/mol. The van der Waals surface area contributed by atoms with E-state index in [2.05, 4.69) is 25.7 Å². The SMILES string of the molecule is CN(C)C(=O)C1CNCCN1Cc1nnnn1C1CC1. The number of carbonyl (C=O) groups excluding carboxylic acids is 1. The molecule has 2 aliphatic rings. The van der Waals surface area contributed by atoms with E-state index in [4.69, 9.17) is 0 Å². The summed E-state index contributed by atoms with van der Waals surface area (Å²) >= 11 is 0. The average Bonchev–Trinajstić information content (AvgIpc) is 3.19. The van der Waals surface area contributed by atoms with E-state index in [0.717, 1.165) is 31.8 Å². The lowest BCUT2D eigenvalue weighted by molar-refractivity contribution is -0.135. The summed E-state index contributed by atoms with van der Waals surface area (Å²) in [5.74, 6) is 0.994. The molecule has 1 aromatic rings. The molecule has 1 aliphatic carbocycles. The number of rotatable bonds is 4. The number of tetrazole rings is 1. The van der Waals surface area contributed by atoms with Crippen LogP contribution in [0.4, 0.5) is 0 Å². The molecule has 1 aromatic heterocycles. The van der Waals surface area contributed by atoms with Gasteiger partial charge >= 0.3 is 0 Å². The molecule has 3 rings (SSSR count). The summed E-state index contributed by atoms with van der Waals surface area (Å²) in [6, 6.07) is 0.328. The fourth-order valence-corrected chi connectivity index (χ4v) is 2.58. The van der Waals surface area contributed by atoms with Gasteiger partial charge in [0.2, 0.25) is 5.91 Å². The quantitative estimate of drug-likeness (QED) is 0.751. The van der Waals surface area contributed by atoms with Crippen molar-refractivity contribution in [1.29, 1.82) is 0 Å². The highest BCUT2D eigenvalue weighted by Crippen LogP contribution is 2.34. The molecule has 8 nitrogen and oxygen atoms in total. The first kappa shape index (κ1) is 13.4. The van der Waals surface area contributed by atoms with Crippen molar-refractivity contribution in [3.63, 3.8) is 0 Å². The maximum atomic E-state index is 12.3. The van der Waals surface area contributed by atoms with Crippen LogP contribution in [-0.4, -0.2) is 75.7 Å². The summed E-state index contributed by atoms with van der Waals surface area (Å²) in [4.78, 5) is 16.1. The van der Waals surface area contributed by atoms with Crippen molar-refractivity contribution in [3.05, 3.63) is 5.82 Å². The smallest absolute Gasteiger partial charge is 0.240 e. The van der Waals surface area contributed by atoms with E-state index in [0.29, 0.717) is 19.1 Å². The fraction of sp³-hybridized carbons (Fsp3) is 0.833. The molecule has 1 unspecified atom stereocenters. The van der Waals surface area contributed by atoms with E-state index in [1.165, 1.54) is 0 Å². The summed E-state index contributed by atoms with van der Waals surface area (Å²) < 4.78 is 1.92. The number of hydrogen-bond donors (Lipinski definition) is 1. The van der Waals surface area contributed by atoms with Crippen LogP contribution in [-0.2, 0) is 11.3 Å². The third-order valence-electron chi connectivity index (χ3n) is 3.88. The Morgan fingerprint density at radius 1 is 1.45 bits per heavy atom. The third kappa shape index (κ3) is 2.66. The van der Waals surface area contributed by atoms with Crippen molar-refractivity contribution < 1.29 is 4.79 Å². The second-order valence-electron chi connectivity index (χ2n) is 5.69. The lowest BCUT2D eigenvalue weighted by atomic mass is 10.1. The lowest BCUT2D eigenvalue weighted by Gasteiger charge is -2.35. The molecule has 8 heteroatoms. The Labute approximate surface area is 118 Å². The van der Waals surface area contributed by atoms with Gasteiger partial charge in [0.15, 0.2) is 5.82 Å². The summed E-state index contributed by atoms with van der Waals surface area (Å²) in [5.41, 5.74) is 0. The number of hydrogen-bond acceptors (Lipinski definition) is 6. The first-order valence-electron chi connectivity index (χ1n) is 7.09. The number of carbonyl (C=O) groups is 1. The van der Waals surface area contributed by atoms with E-state index in [1.54, 1.807) is 19.0 Å². The molecule has 2 heterocycles. The minimum absolute atomic E-state index is 0.127. The molecule has 1 saturated carbocycles. The largest absolute Gasteiger partial charge is 0.347 e. The molecule has 0 bridgehead atoms. The van der Waals surface area contributed by atoms with E-state index in [-0.39, 0.29) is 11.9 Å². The highest BCUT2D eigenvalue weighted by atomic mass is 16.2. The van der Waals surface area contributed by atoms with Gasteiger partial charge in [0.25, 0.3) is 0 Å². The lowest BCUT2D eigenvalue weighted by Crippen LogP contribution is -2.57. The van der Waals surface area contributed by atoms with Crippen molar-refractivity contribution >= 4 is 5.91 Å². The number of likely N-dealkylation sites (N-methyl/N-ethyl adjacent to an activating group) is 1. The summed E-state index contributed by atoms with van der Waals surface area (Å²) in [5, 5.41) is 15.3. The van der Waals surface area contributed by atoms with Gasteiger partial charge in [-0.3, -0.25) is 9.69 Å². The Balaban J connectivity index is 1.73. The molecular weight excluding hydrogens is 258 g/mol. The minimum atomic E-state index is -0.136. The van der Waals surface area contributed by atoms with Crippen LogP contribution < -0.4 is 5.32 Å². The summed E-state index contributed by atoms with van der Waals surface area (Å²) in [7, 11) is 3.59. The molecule has 2 fully saturated rings.